The van der Waals surface area contributed by atoms with Crippen LogP contribution < -0.4 is 10.5 Å². The second-order valence-electron chi connectivity index (χ2n) is 4.36. The van der Waals surface area contributed by atoms with E-state index in [0.717, 1.165) is 12.0 Å². The van der Waals surface area contributed by atoms with E-state index in [1.165, 1.54) is 6.07 Å². The Balaban J connectivity index is 2.08. The number of rotatable bonds is 4. The SMILES string of the molecule is CC(N)Cc1ccc(Oc2ccc(F)c(Br)c2)nc1. The molecule has 1 aromatic heterocycles. The average molecular weight is 325 g/mol. The molecule has 0 aliphatic heterocycles. The molecule has 19 heavy (non-hydrogen) atoms. The Morgan fingerprint density at radius 2 is 2.16 bits per heavy atom. The standard InChI is InChI=1S/C14H14BrFN2O/c1-9(17)6-10-2-5-14(18-8-10)19-11-3-4-13(16)12(15)7-11/h2-5,7-9H,6,17H2,1H3. The quantitative estimate of drug-likeness (QED) is 0.933. The molecule has 2 aromatic rings. The van der Waals surface area contributed by atoms with Gasteiger partial charge in [-0.2, -0.15) is 0 Å². The summed E-state index contributed by atoms with van der Waals surface area (Å²) in [7, 11) is 0. The van der Waals surface area contributed by atoms with Gasteiger partial charge in [0.1, 0.15) is 11.6 Å². The number of hydrogen-bond acceptors (Lipinski definition) is 3. The van der Waals surface area contributed by atoms with Crippen LogP contribution in [-0.2, 0) is 6.42 Å². The third kappa shape index (κ3) is 4.01. The number of pyridine rings is 1. The van der Waals surface area contributed by atoms with Gasteiger partial charge in [-0.1, -0.05) is 6.07 Å². The minimum atomic E-state index is -0.326. The molecule has 0 spiro atoms. The van der Waals surface area contributed by atoms with Crippen LogP contribution in [0.2, 0.25) is 0 Å². The minimum Gasteiger partial charge on any atom is -0.439 e. The summed E-state index contributed by atoms with van der Waals surface area (Å²) in [6, 6.07) is 8.25. The molecule has 0 aliphatic carbocycles. The van der Waals surface area contributed by atoms with Gasteiger partial charge in [0.2, 0.25) is 5.88 Å². The van der Waals surface area contributed by atoms with Crippen LogP contribution in [0.1, 0.15) is 12.5 Å². The number of halogens is 2. The summed E-state index contributed by atoms with van der Waals surface area (Å²) < 4.78 is 19.0. The van der Waals surface area contributed by atoms with Gasteiger partial charge in [-0.25, -0.2) is 9.37 Å². The van der Waals surface area contributed by atoms with Crippen LogP contribution in [0.15, 0.2) is 41.0 Å². The van der Waals surface area contributed by atoms with Crippen molar-refractivity contribution in [3.05, 3.63) is 52.4 Å². The van der Waals surface area contributed by atoms with Crippen LogP contribution in [-0.4, -0.2) is 11.0 Å². The highest BCUT2D eigenvalue weighted by Gasteiger charge is 2.04. The minimum absolute atomic E-state index is 0.0987. The molecule has 0 aliphatic rings. The summed E-state index contributed by atoms with van der Waals surface area (Å²) in [4.78, 5) is 4.19. The highest BCUT2D eigenvalue weighted by Crippen LogP contribution is 2.25. The van der Waals surface area contributed by atoms with E-state index in [1.807, 2.05) is 13.0 Å². The van der Waals surface area contributed by atoms with Crippen molar-refractivity contribution in [2.24, 2.45) is 5.73 Å². The zero-order chi connectivity index (χ0) is 13.8. The number of nitrogens with zero attached hydrogens (tertiary/aromatic N) is 1. The largest absolute Gasteiger partial charge is 0.439 e. The lowest BCUT2D eigenvalue weighted by molar-refractivity contribution is 0.460. The molecule has 0 amide bonds. The molecule has 5 heteroatoms. The lowest BCUT2D eigenvalue weighted by atomic mass is 10.1. The number of benzene rings is 1. The van der Waals surface area contributed by atoms with Gasteiger partial charge < -0.3 is 10.5 Å². The molecule has 0 radical (unpaired) electrons. The predicted molar refractivity (Wildman–Crippen MR) is 75.8 cm³/mol. The molecule has 2 rings (SSSR count). The second-order valence-corrected chi connectivity index (χ2v) is 5.22. The highest BCUT2D eigenvalue weighted by molar-refractivity contribution is 9.10. The maximum atomic E-state index is 13.1. The van der Waals surface area contributed by atoms with Crippen molar-refractivity contribution in [2.45, 2.75) is 19.4 Å². The number of aromatic nitrogens is 1. The monoisotopic (exact) mass is 324 g/mol. The fourth-order valence-electron chi connectivity index (χ4n) is 1.62. The van der Waals surface area contributed by atoms with Crippen molar-refractivity contribution in [3.63, 3.8) is 0 Å². The topological polar surface area (TPSA) is 48.1 Å². The maximum Gasteiger partial charge on any atom is 0.219 e. The third-order valence-corrected chi connectivity index (χ3v) is 3.08. The maximum absolute atomic E-state index is 13.1. The summed E-state index contributed by atoms with van der Waals surface area (Å²) in [6.45, 7) is 1.94. The summed E-state index contributed by atoms with van der Waals surface area (Å²) in [5.74, 6) is 0.667. The Bertz CT molecular complexity index is 558. The molecule has 0 saturated carbocycles. The normalized spacial score (nSPS) is 12.2. The lowest BCUT2D eigenvalue weighted by Crippen LogP contribution is -2.17. The Kier molecular flexibility index (Phi) is 4.50. The summed E-state index contributed by atoms with van der Waals surface area (Å²) in [6.07, 6.45) is 2.51. The van der Waals surface area contributed by atoms with Gasteiger partial charge in [0.15, 0.2) is 0 Å². The molecule has 100 valence electrons. The number of nitrogens with two attached hydrogens (primary N) is 1. The van der Waals surface area contributed by atoms with E-state index in [4.69, 9.17) is 10.5 Å². The summed E-state index contributed by atoms with van der Waals surface area (Å²) >= 11 is 3.11. The van der Waals surface area contributed by atoms with Crippen LogP contribution in [0.4, 0.5) is 4.39 Å². The Morgan fingerprint density at radius 1 is 1.37 bits per heavy atom. The third-order valence-electron chi connectivity index (χ3n) is 2.47. The van der Waals surface area contributed by atoms with E-state index in [0.29, 0.717) is 16.1 Å². The van der Waals surface area contributed by atoms with Gasteiger partial charge >= 0.3 is 0 Å². The molecule has 2 N–H and O–H groups in total. The van der Waals surface area contributed by atoms with Crippen molar-refractivity contribution in [1.82, 2.24) is 4.98 Å². The molecule has 0 fully saturated rings. The van der Waals surface area contributed by atoms with E-state index in [9.17, 15) is 4.39 Å². The fourth-order valence-corrected chi connectivity index (χ4v) is 1.98. The van der Waals surface area contributed by atoms with E-state index in [-0.39, 0.29) is 11.9 Å². The molecule has 1 heterocycles. The van der Waals surface area contributed by atoms with Crippen molar-refractivity contribution in [3.8, 4) is 11.6 Å². The first-order valence-corrected chi connectivity index (χ1v) is 6.67. The number of ether oxygens (including phenoxy) is 1. The highest BCUT2D eigenvalue weighted by atomic mass is 79.9. The van der Waals surface area contributed by atoms with Crippen LogP contribution in [0.25, 0.3) is 0 Å². The molecule has 3 nitrogen and oxygen atoms in total. The first-order valence-electron chi connectivity index (χ1n) is 5.88. The zero-order valence-corrected chi connectivity index (χ0v) is 12.0. The van der Waals surface area contributed by atoms with Crippen molar-refractivity contribution in [2.75, 3.05) is 0 Å². The molecule has 1 atom stereocenters. The summed E-state index contributed by atoms with van der Waals surface area (Å²) in [5, 5.41) is 0. The van der Waals surface area contributed by atoms with Crippen LogP contribution in [0, 0.1) is 5.82 Å². The molecule has 1 aromatic carbocycles. The van der Waals surface area contributed by atoms with Crippen molar-refractivity contribution >= 4 is 15.9 Å². The van der Waals surface area contributed by atoms with Crippen LogP contribution >= 0.6 is 15.9 Å². The Labute approximate surface area is 119 Å². The molecule has 0 saturated heterocycles. The van der Waals surface area contributed by atoms with Gasteiger partial charge in [-0.3, -0.25) is 0 Å². The Hall–Kier alpha value is -1.46. The molecule has 1 unspecified atom stereocenters. The van der Waals surface area contributed by atoms with Crippen LogP contribution in [0.3, 0.4) is 0 Å². The van der Waals surface area contributed by atoms with E-state index >= 15 is 0 Å². The number of hydrogen-bond donors (Lipinski definition) is 1. The zero-order valence-electron chi connectivity index (χ0n) is 10.4. The van der Waals surface area contributed by atoms with Crippen molar-refractivity contribution in [1.29, 1.82) is 0 Å². The molecular weight excluding hydrogens is 311 g/mol. The van der Waals surface area contributed by atoms with Gasteiger partial charge in [-0.05, 0) is 53.0 Å². The smallest absolute Gasteiger partial charge is 0.219 e. The van der Waals surface area contributed by atoms with Crippen LogP contribution in [0.5, 0.6) is 11.6 Å². The first-order chi connectivity index (χ1) is 9.04. The molecule has 0 bridgehead atoms. The van der Waals surface area contributed by atoms with Gasteiger partial charge in [0, 0.05) is 18.3 Å². The summed E-state index contributed by atoms with van der Waals surface area (Å²) in [5.41, 5.74) is 6.78. The Morgan fingerprint density at radius 3 is 2.74 bits per heavy atom. The van der Waals surface area contributed by atoms with E-state index in [1.54, 1.807) is 24.4 Å². The predicted octanol–water partition coefficient (Wildman–Crippen LogP) is 3.67. The van der Waals surface area contributed by atoms with Gasteiger partial charge in [-0.15, -0.1) is 0 Å². The fraction of sp³-hybridized carbons (Fsp3) is 0.214. The van der Waals surface area contributed by atoms with Gasteiger partial charge in [0.25, 0.3) is 0 Å². The lowest BCUT2D eigenvalue weighted by Gasteiger charge is -2.07. The second kappa shape index (κ2) is 6.12. The average Bonchev–Trinajstić information content (AvgIpc) is 2.36. The van der Waals surface area contributed by atoms with Gasteiger partial charge in [0.05, 0.1) is 4.47 Å². The first kappa shape index (κ1) is 14.0. The molecular formula is C14H14BrFN2O. The van der Waals surface area contributed by atoms with E-state index in [2.05, 4.69) is 20.9 Å². The van der Waals surface area contributed by atoms with Crippen molar-refractivity contribution < 1.29 is 9.13 Å². The van der Waals surface area contributed by atoms with E-state index < -0.39 is 0 Å².